The molecule has 2 nitrogen and oxygen atoms in total. The van der Waals surface area contributed by atoms with Gasteiger partial charge < -0.3 is 4.74 Å². The van der Waals surface area contributed by atoms with Gasteiger partial charge in [-0.25, -0.2) is 4.39 Å². The summed E-state index contributed by atoms with van der Waals surface area (Å²) in [5.74, 6) is 6.91. The molecule has 1 aliphatic rings. The maximum Gasteiger partial charge on any atom is 0.139 e. The van der Waals surface area contributed by atoms with Gasteiger partial charge in [0.15, 0.2) is 0 Å². The van der Waals surface area contributed by atoms with E-state index in [0.717, 1.165) is 19.5 Å². The van der Waals surface area contributed by atoms with Crippen LogP contribution in [0.3, 0.4) is 0 Å². The number of likely N-dealkylation sites (tertiary alicyclic amines) is 1. The molecule has 0 aromatic heterocycles. The van der Waals surface area contributed by atoms with E-state index in [9.17, 15) is 4.39 Å². The first kappa shape index (κ1) is 15.5. The predicted molar refractivity (Wildman–Crippen MR) is 73.1 cm³/mol. The lowest BCUT2D eigenvalue weighted by atomic mass is 10.0. The van der Waals surface area contributed by atoms with Crippen molar-refractivity contribution in [2.75, 3.05) is 26.2 Å². The SMILES string of the molecule is CC(C)C#CCO[C@@H]1CCN(CC(C)C)C[C@@H]1F. The summed E-state index contributed by atoms with van der Waals surface area (Å²) in [5, 5.41) is 0. The first-order valence-electron chi connectivity index (χ1n) is 6.95. The van der Waals surface area contributed by atoms with E-state index < -0.39 is 6.17 Å². The molecular weight excluding hydrogens is 229 g/mol. The molecular formula is C15H26FNO. The quantitative estimate of drug-likeness (QED) is 0.716. The summed E-state index contributed by atoms with van der Waals surface area (Å²) in [7, 11) is 0. The first-order valence-corrected chi connectivity index (χ1v) is 6.95. The highest BCUT2D eigenvalue weighted by molar-refractivity contribution is 5.01. The fourth-order valence-corrected chi connectivity index (χ4v) is 2.21. The van der Waals surface area contributed by atoms with Crippen LogP contribution < -0.4 is 0 Å². The number of halogens is 1. The van der Waals surface area contributed by atoms with E-state index in [1.54, 1.807) is 0 Å². The van der Waals surface area contributed by atoms with Gasteiger partial charge in [-0.15, -0.1) is 0 Å². The Balaban J connectivity index is 2.28. The van der Waals surface area contributed by atoms with Gasteiger partial charge in [0.05, 0.1) is 6.10 Å². The second-order valence-electron chi connectivity index (χ2n) is 5.78. The summed E-state index contributed by atoms with van der Waals surface area (Å²) >= 11 is 0. The Kier molecular flexibility index (Phi) is 6.67. The van der Waals surface area contributed by atoms with E-state index in [4.69, 9.17) is 4.74 Å². The molecule has 1 aliphatic heterocycles. The molecule has 1 rings (SSSR count). The maximum absolute atomic E-state index is 13.9. The summed E-state index contributed by atoms with van der Waals surface area (Å²) in [4.78, 5) is 2.19. The lowest BCUT2D eigenvalue weighted by Gasteiger charge is -2.35. The minimum Gasteiger partial charge on any atom is -0.362 e. The van der Waals surface area contributed by atoms with E-state index in [2.05, 4.69) is 30.6 Å². The number of piperidine rings is 1. The van der Waals surface area contributed by atoms with E-state index in [1.807, 2.05) is 13.8 Å². The van der Waals surface area contributed by atoms with Crippen molar-refractivity contribution in [1.29, 1.82) is 0 Å². The van der Waals surface area contributed by atoms with Gasteiger partial charge in [-0.3, -0.25) is 4.90 Å². The topological polar surface area (TPSA) is 12.5 Å². The molecule has 0 spiro atoms. The molecule has 3 heteroatoms. The van der Waals surface area contributed by atoms with Crippen LogP contribution in [-0.2, 0) is 4.74 Å². The molecule has 18 heavy (non-hydrogen) atoms. The highest BCUT2D eigenvalue weighted by Crippen LogP contribution is 2.18. The fraction of sp³-hybridized carbons (Fsp3) is 0.867. The third-order valence-electron chi connectivity index (χ3n) is 2.95. The van der Waals surface area contributed by atoms with Gasteiger partial charge >= 0.3 is 0 Å². The van der Waals surface area contributed by atoms with Crippen LogP contribution in [0.25, 0.3) is 0 Å². The Hall–Kier alpha value is -0.590. The monoisotopic (exact) mass is 255 g/mol. The third-order valence-corrected chi connectivity index (χ3v) is 2.95. The normalized spacial score (nSPS) is 25.3. The van der Waals surface area contributed by atoms with Crippen molar-refractivity contribution in [3.8, 4) is 11.8 Å². The van der Waals surface area contributed by atoms with E-state index in [0.29, 0.717) is 25.0 Å². The molecule has 0 bridgehead atoms. The van der Waals surface area contributed by atoms with Gasteiger partial charge in [0.1, 0.15) is 12.8 Å². The molecule has 1 saturated heterocycles. The molecule has 0 aromatic rings. The van der Waals surface area contributed by atoms with Crippen LogP contribution in [0.4, 0.5) is 4.39 Å². The number of alkyl halides is 1. The van der Waals surface area contributed by atoms with Crippen LogP contribution in [0.2, 0.25) is 0 Å². The Morgan fingerprint density at radius 1 is 1.33 bits per heavy atom. The number of hydrogen-bond acceptors (Lipinski definition) is 2. The van der Waals surface area contributed by atoms with Crippen molar-refractivity contribution < 1.29 is 9.13 Å². The standard InChI is InChI=1S/C15H26FNO/c1-12(2)6-5-9-18-15-7-8-17(10-13(3)4)11-14(15)16/h12-15H,7-11H2,1-4H3/t14-,15+/m0/s1. The van der Waals surface area contributed by atoms with Gasteiger partial charge in [0.2, 0.25) is 0 Å². The van der Waals surface area contributed by atoms with Gasteiger partial charge in [-0.05, 0) is 12.3 Å². The summed E-state index contributed by atoms with van der Waals surface area (Å²) in [6.45, 7) is 11.2. The van der Waals surface area contributed by atoms with Gasteiger partial charge in [0.25, 0.3) is 0 Å². The van der Waals surface area contributed by atoms with Crippen molar-refractivity contribution in [1.82, 2.24) is 4.90 Å². The van der Waals surface area contributed by atoms with E-state index in [1.165, 1.54) is 0 Å². The molecule has 1 heterocycles. The highest BCUT2D eigenvalue weighted by Gasteiger charge is 2.29. The predicted octanol–water partition coefficient (Wildman–Crippen LogP) is 2.73. The summed E-state index contributed by atoms with van der Waals surface area (Å²) < 4.78 is 19.4. The van der Waals surface area contributed by atoms with Crippen LogP contribution in [0, 0.1) is 23.7 Å². The molecule has 0 aliphatic carbocycles. The zero-order valence-electron chi connectivity index (χ0n) is 12.1. The Bertz CT molecular complexity index is 293. The molecule has 0 N–H and O–H groups in total. The van der Waals surface area contributed by atoms with Gasteiger partial charge in [-0.2, -0.15) is 0 Å². The lowest BCUT2D eigenvalue weighted by Crippen LogP contribution is -2.46. The maximum atomic E-state index is 13.9. The average Bonchev–Trinajstić information content (AvgIpc) is 2.25. The van der Waals surface area contributed by atoms with Crippen molar-refractivity contribution >= 4 is 0 Å². The number of ether oxygens (including phenoxy) is 1. The molecule has 0 saturated carbocycles. The Labute approximate surface area is 111 Å². The summed E-state index contributed by atoms with van der Waals surface area (Å²) in [6.07, 6.45) is -0.370. The largest absolute Gasteiger partial charge is 0.362 e. The van der Waals surface area contributed by atoms with E-state index >= 15 is 0 Å². The molecule has 0 unspecified atom stereocenters. The van der Waals surface area contributed by atoms with Crippen molar-refractivity contribution in [3.05, 3.63) is 0 Å². The van der Waals surface area contributed by atoms with Crippen molar-refractivity contribution in [3.63, 3.8) is 0 Å². The summed E-state index contributed by atoms with van der Waals surface area (Å²) in [6, 6.07) is 0. The van der Waals surface area contributed by atoms with Crippen LogP contribution in [0.15, 0.2) is 0 Å². The number of nitrogens with zero attached hydrogens (tertiary/aromatic N) is 1. The van der Waals surface area contributed by atoms with Crippen LogP contribution >= 0.6 is 0 Å². The second-order valence-corrected chi connectivity index (χ2v) is 5.78. The Morgan fingerprint density at radius 3 is 2.61 bits per heavy atom. The smallest absolute Gasteiger partial charge is 0.139 e. The molecule has 0 aromatic carbocycles. The van der Waals surface area contributed by atoms with E-state index in [-0.39, 0.29) is 6.10 Å². The van der Waals surface area contributed by atoms with Crippen molar-refractivity contribution in [2.24, 2.45) is 11.8 Å². The average molecular weight is 255 g/mol. The number of hydrogen-bond donors (Lipinski definition) is 0. The van der Waals surface area contributed by atoms with Gasteiger partial charge in [0, 0.05) is 25.6 Å². The zero-order valence-corrected chi connectivity index (χ0v) is 12.1. The van der Waals surface area contributed by atoms with Crippen molar-refractivity contribution in [2.45, 2.75) is 46.4 Å². The molecule has 0 amide bonds. The lowest BCUT2D eigenvalue weighted by molar-refractivity contribution is -0.0359. The minimum atomic E-state index is -0.877. The molecule has 0 radical (unpaired) electrons. The highest BCUT2D eigenvalue weighted by atomic mass is 19.1. The van der Waals surface area contributed by atoms with Gasteiger partial charge in [-0.1, -0.05) is 39.5 Å². The molecule has 104 valence electrons. The van der Waals surface area contributed by atoms with Crippen LogP contribution in [0.5, 0.6) is 0 Å². The minimum absolute atomic E-state index is 0.269. The summed E-state index contributed by atoms with van der Waals surface area (Å²) in [5.41, 5.74) is 0. The molecule has 2 atom stereocenters. The Morgan fingerprint density at radius 2 is 2.06 bits per heavy atom. The second kappa shape index (κ2) is 7.76. The number of rotatable bonds is 4. The van der Waals surface area contributed by atoms with Crippen LogP contribution in [-0.4, -0.2) is 43.4 Å². The fourth-order valence-electron chi connectivity index (χ4n) is 2.21. The zero-order chi connectivity index (χ0) is 13.5. The first-order chi connectivity index (χ1) is 8.49. The third kappa shape index (κ3) is 5.84. The molecule has 1 fully saturated rings. The van der Waals surface area contributed by atoms with Crippen LogP contribution in [0.1, 0.15) is 34.1 Å².